The molecular formula is C20H18ClF2N7O4. The predicted molar refractivity (Wildman–Crippen MR) is 118 cm³/mol. The Balaban J connectivity index is 2.07. The monoisotopic (exact) mass is 493 g/mol. The first-order chi connectivity index (χ1) is 16.2. The van der Waals surface area contributed by atoms with Crippen LogP contribution >= 0.6 is 11.6 Å². The molecule has 0 saturated heterocycles. The van der Waals surface area contributed by atoms with Gasteiger partial charge in [0.15, 0.2) is 5.82 Å². The van der Waals surface area contributed by atoms with Crippen molar-refractivity contribution in [3.05, 3.63) is 63.9 Å². The van der Waals surface area contributed by atoms with E-state index in [1.54, 1.807) is 19.1 Å². The topological polar surface area (TPSA) is 146 Å². The van der Waals surface area contributed by atoms with Crippen LogP contribution in [0.1, 0.15) is 32.0 Å². The molecule has 4 N–H and O–H groups in total. The molecule has 0 atom stereocenters. The van der Waals surface area contributed by atoms with Crippen molar-refractivity contribution in [1.82, 2.24) is 20.2 Å². The molecule has 3 aromatic rings. The Kier molecular flexibility index (Phi) is 7.71. The molecule has 11 nitrogen and oxygen atoms in total. The minimum Gasteiger partial charge on any atom is -0.415 e. The number of amides is 2. The molecule has 0 aliphatic carbocycles. The number of hydrazine groups is 1. The van der Waals surface area contributed by atoms with Crippen LogP contribution in [0.15, 0.2) is 41.7 Å². The summed E-state index contributed by atoms with van der Waals surface area (Å²) >= 11 is 6.15. The van der Waals surface area contributed by atoms with Gasteiger partial charge in [0.25, 0.3) is 11.8 Å². The highest BCUT2D eigenvalue weighted by Gasteiger charge is 2.24. The number of pyridine rings is 1. The first kappa shape index (κ1) is 24.5. The summed E-state index contributed by atoms with van der Waals surface area (Å²) in [5.41, 5.74) is 2.85. The van der Waals surface area contributed by atoms with E-state index in [4.69, 9.17) is 17.4 Å². The molecule has 0 aliphatic heterocycles. The largest absolute Gasteiger partial charge is 0.415 e. The Bertz CT molecular complexity index is 1250. The Hall–Kier alpha value is -4.10. The fourth-order valence-corrected chi connectivity index (χ4v) is 3.17. The number of carbonyl (C=O) groups excluding carboxylic acids is 2. The number of hydrogen-bond acceptors (Lipinski definition) is 8. The predicted octanol–water partition coefficient (Wildman–Crippen LogP) is 2.67. The number of nitrogens with one attached hydrogen (secondary N) is 2. The number of nitrogens with zero attached hydrogens (tertiary/aromatic N) is 4. The number of ether oxygens (including phenoxy) is 1. The van der Waals surface area contributed by atoms with Gasteiger partial charge in [-0.3, -0.25) is 15.0 Å². The summed E-state index contributed by atoms with van der Waals surface area (Å²) in [6, 6.07) is 7.07. The summed E-state index contributed by atoms with van der Waals surface area (Å²) < 4.78 is 30.8. The molecule has 0 fully saturated rings. The molecule has 34 heavy (non-hydrogen) atoms. The highest BCUT2D eigenvalue weighted by Crippen LogP contribution is 2.26. The minimum absolute atomic E-state index is 0.00112. The number of aromatic nitrogens is 3. The van der Waals surface area contributed by atoms with Gasteiger partial charge in [-0.15, -0.1) is 5.10 Å². The Morgan fingerprint density at radius 3 is 2.71 bits per heavy atom. The summed E-state index contributed by atoms with van der Waals surface area (Å²) in [6.07, 6.45) is 2.74. The number of nitrogen functional groups attached to an aromatic ring is 1. The fourth-order valence-electron chi connectivity index (χ4n) is 2.97. The van der Waals surface area contributed by atoms with Gasteiger partial charge < -0.3 is 14.9 Å². The number of oxime groups is 1. The van der Waals surface area contributed by atoms with Crippen LogP contribution in [-0.2, 0) is 4.84 Å². The third kappa shape index (κ3) is 5.44. The van der Waals surface area contributed by atoms with Crippen molar-refractivity contribution in [2.75, 3.05) is 12.4 Å². The van der Waals surface area contributed by atoms with Gasteiger partial charge in [0.1, 0.15) is 12.8 Å². The Labute approximate surface area is 196 Å². The number of aryl methyl sites for hydroxylation is 1. The van der Waals surface area contributed by atoms with Crippen LogP contribution in [0, 0.1) is 6.92 Å². The molecule has 14 heteroatoms. The lowest BCUT2D eigenvalue weighted by Gasteiger charge is -2.15. The smallest absolute Gasteiger partial charge is 0.388 e. The quantitative estimate of drug-likeness (QED) is 0.189. The maximum atomic E-state index is 13.2. The maximum Gasteiger partial charge on any atom is 0.388 e. The zero-order valence-corrected chi connectivity index (χ0v) is 18.5. The number of hydrogen-bond donors (Lipinski definition) is 3. The standard InChI is InChI=1S/C20H18ClF2N7O4/c1-10-6-11(9-26-33-2)7-12(18(31)28-24)16(10)27-19(32)14-8-15(34-20(22)23)29-30(14)17-13(21)4-3-5-25-17/h3-9,20H,24H2,1-2H3,(H,27,32)(H,28,31)/b26-9-. The van der Waals surface area contributed by atoms with Crippen LogP contribution < -0.4 is 21.3 Å². The van der Waals surface area contributed by atoms with E-state index in [0.717, 1.165) is 10.7 Å². The number of anilines is 1. The summed E-state index contributed by atoms with van der Waals surface area (Å²) in [6.45, 7) is -1.55. The first-order valence-corrected chi connectivity index (χ1v) is 9.82. The summed E-state index contributed by atoms with van der Waals surface area (Å²) in [5, 5.41) is 10.2. The number of benzene rings is 1. The summed E-state index contributed by atoms with van der Waals surface area (Å²) in [4.78, 5) is 34.3. The van der Waals surface area contributed by atoms with Crippen LogP contribution in [0.2, 0.25) is 5.02 Å². The maximum absolute atomic E-state index is 13.2. The minimum atomic E-state index is -3.18. The van der Waals surface area contributed by atoms with Gasteiger partial charge in [-0.2, -0.15) is 8.78 Å². The van der Waals surface area contributed by atoms with Crippen molar-refractivity contribution < 1.29 is 27.9 Å². The van der Waals surface area contributed by atoms with Crippen molar-refractivity contribution >= 4 is 35.3 Å². The molecule has 1 aromatic carbocycles. The van der Waals surface area contributed by atoms with Crippen LogP contribution in [0.3, 0.4) is 0 Å². The number of alkyl halides is 2. The van der Waals surface area contributed by atoms with Gasteiger partial charge >= 0.3 is 6.61 Å². The van der Waals surface area contributed by atoms with E-state index in [1.807, 2.05) is 5.43 Å². The second kappa shape index (κ2) is 10.7. The molecule has 0 radical (unpaired) electrons. The highest BCUT2D eigenvalue weighted by atomic mass is 35.5. The van der Waals surface area contributed by atoms with E-state index in [0.29, 0.717) is 11.1 Å². The van der Waals surface area contributed by atoms with Gasteiger partial charge in [0, 0.05) is 12.3 Å². The molecule has 3 rings (SSSR count). The van der Waals surface area contributed by atoms with Gasteiger partial charge in [-0.05, 0) is 42.3 Å². The normalized spacial score (nSPS) is 11.0. The molecule has 0 spiro atoms. The average Bonchev–Trinajstić information content (AvgIpc) is 3.21. The van der Waals surface area contributed by atoms with Crippen LogP contribution in [0.25, 0.3) is 5.82 Å². The molecule has 2 amide bonds. The van der Waals surface area contributed by atoms with E-state index in [1.165, 1.54) is 31.7 Å². The number of carbonyl (C=O) groups is 2. The molecule has 0 aliphatic rings. The van der Waals surface area contributed by atoms with E-state index < -0.39 is 24.3 Å². The number of rotatable bonds is 8. The molecule has 2 aromatic heterocycles. The fraction of sp³-hybridized carbons (Fsp3) is 0.150. The third-order valence-corrected chi connectivity index (χ3v) is 4.64. The molecule has 178 valence electrons. The van der Waals surface area contributed by atoms with Crippen molar-refractivity contribution in [3.8, 4) is 11.7 Å². The second-order valence-corrected chi connectivity index (χ2v) is 6.98. The van der Waals surface area contributed by atoms with Gasteiger partial charge in [0.2, 0.25) is 5.88 Å². The van der Waals surface area contributed by atoms with Crippen LogP contribution in [0.5, 0.6) is 5.88 Å². The summed E-state index contributed by atoms with van der Waals surface area (Å²) in [5.74, 6) is 3.24. The summed E-state index contributed by atoms with van der Waals surface area (Å²) in [7, 11) is 1.36. The van der Waals surface area contributed by atoms with Crippen molar-refractivity contribution in [3.63, 3.8) is 0 Å². The Morgan fingerprint density at radius 2 is 2.06 bits per heavy atom. The SMILES string of the molecule is CO/N=C\c1cc(C)c(NC(=O)c2cc(OC(F)F)nn2-c2ncccc2Cl)c(C(=O)NN)c1. The number of halogens is 3. The zero-order chi connectivity index (χ0) is 24.8. The third-order valence-electron chi connectivity index (χ3n) is 4.35. The van der Waals surface area contributed by atoms with Crippen molar-refractivity contribution in [2.45, 2.75) is 13.5 Å². The van der Waals surface area contributed by atoms with Gasteiger partial charge in [-0.25, -0.2) is 15.5 Å². The van der Waals surface area contributed by atoms with Gasteiger partial charge in [0.05, 0.1) is 22.5 Å². The van der Waals surface area contributed by atoms with E-state index in [-0.39, 0.29) is 27.8 Å². The Morgan fingerprint density at radius 1 is 1.29 bits per heavy atom. The highest BCUT2D eigenvalue weighted by molar-refractivity contribution is 6.32. The van der Waals surface area contributed by atoms with Crippen LogP contribution in [0.4, 0.5) is 14.5 Å². The van der Waals surface area contributed by atoms with Crippen LogP contribution in [-0.4, -0.2) is 46.5 Å². The van der Waals surface area contributed by atoms with E-state index in [2.05, 4.69) is 30.1 Å². The van der Waals surface area contributed by atoms with E-state index in [9.17, 15) is 18.4 Å². The average molecular weight is 494 g/mol. The molecule has 0 bridgehead atoms. The van der Waals surface area contributed by atoms with Crippen molar-refractivity contribution in [2.24, 2.45) is 11.0 Å². The first-order valence-electron chi connectivity index (χ1n) is 9.44. The van der Waals surface area contributed by atoms with Crippen molar-refractivity contribution in [1.29, 1.82) is 0 Å². The molecule has 0 saturated carbocycles. The molecule has 2 heterocycles. The number of nitrogens with two attached hydrogens (primary N) is 1. The molecular weight excluding hydrogens is 476 g/mol. The van der Waals surface area contributed by atoms with E-state index >= 15 is 0 Å². The zero-order valence-electron chi connectivity index (χ0n) is 17.8. The van der Waals surface area contributed by atoms with Gasteiger partial charge in [-0.1, -0.05) is 16.8 Å². The lowest BCUT2D eigenvalue weighted by atomic mass is 10.0. The second-order valence-electron chi connectivity index (χ2n) is 6.57. The molecule has 0 unspecified atom stereocenters. The lowest BCUT2D eigenvalue weighted by Crippen LogP contribution is -2.31. The lowest BCUT2D eigenvalue weighted by molar-refractivity contribution is -0.0530.